The van der Waals surface area contributed by atoms with Crippen LogP contribution in [0.15, 0.2) is 24.3 Å². The maximum Gasteiger partial charge on any atom is 0.122 e. The third-order valence-corrected chi connectivity index (χ3v) is 5.01. The summed E-state index contributed by atoms with van der Waals surface area (Å²) in [5, 5.41) is 3.56. The lowest BCUT2D eigenvalue weighted by Crippen LogP contribution is -2.50. The monoisotopic (exact) mass is 275 g/mol. The molecule has 0 aliphatic heterocycles. The first-order valence-corrected chi connectivity index (χ1v) is 7.57. The minimum atomic E-state index is 0.261. The van der Waals surface area contributed by atoms with E-state index in [4.69, 9.17) is 9.47 Å². The Labute approximate surface area is 121 Å². The largest absolute Gasteiger partial charge is 0.496 e. The third kappa shape index (κ3) is 2.45. The topological polar surface area (TPSA) is 30.5 Å². The fourth-order valence-electron chi connectivity index (χ4n) is 3.91. The molecule has 2 saturated carbocycles. The highest BCUT2D eigenvalue weighted by Crippen LogP contribution is 2.69. The Hall–Kier alpha value is -1.06. The summed E-state index contributed by atoms with van der Waals surface area (Å²) >= 11 is 0. The molecular formula is C17H25NO2. The molecule has 110 valence electrons. The zero-order valence-corrected chi connectivity index (χ0v) is 12.6. The maximum absolute atomic E-state index is 5.59. The number of benzene rings is 1. The van der Waals surface area contributed by atoms with Gasteiger partial charge in [0.1, 0.15) is 5.75 Å². The first-order valence-electron chi connectivity index (χ1n) is 7.57. The van der Waals surface area contributed by atoms with E-state index in [1.165, 1.54) is 31.2 Å². The van der Waals surface area contributed by atoms with Crippen LogP contribution in [-0.2, 0) is 10.2 Å². The molecule has 0 unspecified atom stereocenters. The summed E-state index contributed by atoms with van der Waals surface area (Å²) < 4.78 is 10.7. The highest BCUT2D eigenvalue weighted by Gasteiger charge is 2.61. The van der Waals surface area contributed by atoms with Crippen molar-refractivity contribution in [3.8, 4) is 5.75 Å². The van der Waals surface area contributed by atoms with E-state index < -0.39 is 0 Å². The summed E-state index contributed by atoms with van der Waals surface area (Å²) in [6, 6.07) is 8.52. The lowest BCUT2D eigenvalue weighted by atomic mass is 9.56. The van der Waals surface area contributed by atoms with Crippen molar-refractivity contribution in [1.29, 1.82) is 0 Å². The lowest BCUT2D eigenvalue weighted by Gasteiger charge is -2.50. The average molecular weight is 275 g/mol. The van der Waals surface area contributed by atoms with E-state index in [0.717, 1.165) is 25.4 Å². The van der Waals surface area contributed by atoms with Gasteiger partial charge in [0.2, 0.25) is 0 Å². The van der Waals surface area contributed by atoms with Gasteiger partial charge >= 0.3 is 0 Å². The Morgan fingerprint density at radius 2 is 1.90 bits per heavy atom. The van der Waals surface area contributed by atoms with Gasteiger partial charge in [0.05, 0.1) is 13.7 Å². The van der Waals surface area contributed by atoms with E-state index in [1.54, 1.807) is 14.2 Å². The Morgan fingerprint density at radius 1 is 1.15 bits per heavy atom. The quantitative estimate of drug-likeness (QED) is 0.776. The van der Waals surface area contributed by atoms with E-state index in [9.17, 15) is 0 Å². The van der Waals surface area contributed by atoms with E-state index >= 15 is 0 Å². The molecule has 2 aliphatic carbocycles. The number of rotatable bonds is 7. The van der Waals surface area contributed by atoms with Crippen LogP contribution in [0, 0.1) is 5.41 Å². The van der Waals surface area contributed by atoms with Crippen molar-refractivity contribution >= 4 is 0 Å². The number of hydrogen-bond donors (Lipinski definition) is 1. The molecule has 1 spiro atoms. The van der Waals surface area contributed by atoms with Gasteiger partial charge in [-0.2, -0.15) is 0 Å². The smallest absolute Gasteiger partial charge is 0.122 e. The molecule has 1 aromatic rings. The van der Waals surface area contributed by atoms with Gasteiger partial charge in [-0.25, -0.2) is 0 Å². The van der Waals surface area contributed by atoms with Crippen molar-refractivity contribution in [3.05, 3.63) is 29.8 Å². The Kier molecular flexibility index (Phi) is 3.74. The van der Waals surface area contributed by atoms with Crippen LogP contribution in [-0.4, -0.2) is 33.9 Å². The first-order chi connectivity index (χ1) is 9.74. The highest BCUT2D eigenvalue weighted by atomic mass is 16.5. The Balaban J connectivity index is 1.75. The molecule has 0 bridgehead atoms. The van der Waals surface area contributed by atoms with Crippen LogP contribution in [0.2, 0.25) is 0 Å². The average Bonchev–Trinajstić information content (AvgIpc) is 3.23. The van der Waals surface area contributed by atoms with Crippen LogP contribution >= 0.6 is 0 Å². The normalized spacial score (nSPS) is 21.5. The van der Waals surface area contributed by atoms with Crippen molar-refractivity contribution in [2.24, 2.45) is 5.41 Å². The Bertz CT molecular complexity index is 460. The predicted molar refractivity (Wildman–Crippen MR) is 80.3 cm³/mol. The molecule has 0 saturated heterocycles. The number of ether oxygens (including phenoxy) is 2. The van der Waals surface area contributed by atoms with E-state index in [1.807, 2.05) is 0 Å². The van der Waals surface area contributed by atoms with Crippen molar-refractivity contribution in [2.75, 3.05) is 33.9 Å². The SMILES string of the molecule is COCCNCC1(c2ccccc2OC)CC2(CC2)C1. The summed E-state index contributed by atoms with van der Waals surface area (Å²) in [5.74, 6) is 1.04. The molecule has 0 heterocycles. The molecule has 3 heteroatoms. The van der Waals surface area contributed by atoms with Crippen molar-refractivity contribution in [3.63, 3.8) is 0 Å². The van der Waals surface area contributed by atoms with Crippen LogP contribution in [0.4, 0.5) is 0 Å². The maximum atomic E-state index is 5.59. The van der Waals surface area contributed by atoms with Crippen molar-refractivity contribution < 1.29 is 9.47 Å². The molecule has 2 aliphatic rings. The summed E-state index contributed by atoms with van der Waals surface area (Å²) in [6.07, 6.45) is 5.45. The van der Waals surface area contributed by atoms with E-state index in [2.05, 4.69) is 29.6 Å². The second-order valence-electron chi connectivity index (χ2n) is 6.50. The minimum Gasteiger partial charge on any atom is -0.496 e. The molecular weight excluding hydrogens is 250 g/mol. The van der Waals surface area contributed by atoms with Gasteiger partial charge in [-0.1, -0.05) is 18.2 Å². The molecule has 20 heavy (non-hydrogen) atoms. The standard InChI is InChI=1S/C17H25NO2/c1-19-10-9-18-13-17(11-16(12-17)7-8-16)14-5-3-4-6-15(14)20-2/h3-6,18H,7-13H2,1-2H3. The van der Waals surface area contributed by atoms with Crippen molar-refractivity contribution in [2.45, 2.75) is 31.1 Å². The predicted octanol–water partition coefficient (Wildman–Crippen LogP) is 2.74. The second-order valence-corrected chi connectivity index (χ2v) is 6.50. The molecule has 1 N–H and O–H groups in total. The fourth-order valence-corrected chi connectivity index (χ4v) is 3.91. The van der Waals surface area contributed by atoms with E-state index in [-0.39, 0.29) is 5.41 Å². The first kappa shape index (κ1) is 13.9. The van der Waals surface area contributed by atoms with Crippen LogP contribution in [0.5, 0.6) is 5.75 Å². The van der Waals surface area contributed by atoms with Crippen LogP contribution < -0.4 is 10.1 Å². The summed E-state index contributed by atoms with van der Waals surface area (Å²) in [6.45, 7) is 2.71. The molecule has 0 aromatic heterocycles. The molecule has 2 fully saturated rings. The van der Waals surface area contributed by atoms with Gasteiger partial charge in [-0.05, 0) is 37.2 Å². The van der Waals surface area contributed by atoms with Crippen LogP contribution in [0.1, 0.15) is 31.2 Å². The van der Waals surface area contributed by atoms with Gasteiger partial charge < -0.3 is 14.8 Å². The van der Waals surface area contributed by atoms with Gasteiger partial charge in [0.15, 0.2) is 0 Å². The van der Waals surface area contributed by atoms with Gasteiger partial charge in [-0.15, -0.1) is 0 Å². The zero-order valence-electron chi connectivity index (χ0n) is 12.6. The summed E-state index contributed by atoms with van der Waals surface area (Å²) in [5.41, 5.74) is 2.31. The minimum absolute atomic E-state index is 0.261. The molecule has 3 nitrogen and oxygen atoms in total. The molecule has 1 aromatic carbocycles. The van der Waals surface area contributed by atoms with Crippen molar-refractivity contribution in [1.82, 2.24) is 5.32 Å². The Morgan fingerprint density at radius 3 is 2.55 bits per heavy atom. The van der Waals surface area contributed by atoms with E-state index in [0.29, 0.717) is 5.41 Å². The summed E-state index contributed by atoms with van der Waals surface area (Å²) in [7, 11) is 3.52. The molecule has 3 rings (SSSR count). The molecule has 0 radical (unpaired) electrons. The van der Waals surface area contributed by atoms with Crippen LogP contribution in [0.3, 0.4) is 0 Å². The van der Waals surface area contributed by atoms with Gasteiger partial charge in [0.25, 0.3) is 0 Å². The third-order valence-electron chi connectivity index (χ3n) is 5.01. The molecule has 0 amide bonds. The molecule has 0 atom stereocenters. The summed E-state index contributed by atoms with van der Waals surface area (Å²) in [4.78, 5) is 0. The fraction of sp³-hybridized carbons (Fsp3) is 0.647. The number of hydrogen-bond acceptors (Lipinski definition) is 3. The van der Waals surface area contributed by atoms with Gasteiger partial charge in [-0.3, -0.25) is 0 Å². The number of nitrogens with one attached hydrogen (secondary N) is 1. The van der Waals surface area contributed by atoms with Gasteiger partial charge in [0, 0.05) is 31.2 Å². The lowest BCUT2D eigenvalue weighted by molar-refractivity contribution is 0.109. The number of methoxy groups -OCH3 is 2. The number of para-hydroxylation sites is 1. The van der Waals surface area contributed by atoms with Crippen LogP contribution in [0.25, 0.3) is 0 Å². The zero-order chi connectivity index (χ0) is 14.1. The second kappa shape index (κ2) is 5.38. The highest BCUT2D eigenvalue weighted by molar-refractivity contribution is 5.43.